The number of hydrogen-bond acceptors (Lipinski definition) is 7. The average Bonchev–Trinajstić information content (AvgIpc) is 3.19. The fourth-order valence-corrected chi connectivity index (χ4v) is 9.22. The van der Waals surface area contributed by atoms with Crippen molar-refractivity contribution in [3.63, 3.8) is 0 Å². The molecule has 0 bridgehead atoms. The maximum absolute atomic E-state index is 9.29. The van der Waals surface area contributed by atoms with Crippen molar-refractivity contribution < 1.29 is 28.1 Å². The first-order valence-corrected chi connectivity index (χ1v) is 26.0. The van der Waals surface area contributed by atoms with Crippen LogP contribution in [0.15, 0.2) is 23.8 Å². The van der Waals surface area contributed by atoms with Crippen LogP contribution in [0.5, 0.6) is 11.5 Å². The largest absolute Gasteiger partial charge is 0.487 e. The second-order valence-corrected chi connectivity index (χ2v) is 20.4. The van der Waals surface area contributed by atoms with Crippen LogP contribution in [0.2, 0.25) is 0 Å². The summed E-state index contributed by atoms with van der Waals surface area (Å²) in [6, 6.07) is 0. The number of allylic oxidation sites excluding steroid dienone is 4. The Morgan fingerprint density at radius 1 is 0.776 bits per heavy atom. The first kappa shape index (κ1) is 52.6. The first-order valence-electron chi connectivity index (χ1n) is 23.7. The molecule has 58 heavy (non-hydrogen) atoms. The summed E-state index contributed by atoms with van der Waals surface area (Å²) in [5.41, 5.74) is 6.08. The molecule has 2 unspecified atom stereocenters. The van der Waals surface area contributed by atoms with E-state index in [1.54, 1.807) is 0 Å². The lowest BCUT2D eigenvalue weighted by Crippen LogP contribution is -2.37. The summed E-state index contributed by atoms with van der Waals surface area (Å²) in [7, 11) is -1.80. The molecule has 0 saturated carbocycles. The van der Waals surface area contributed by atoms with E-state index in [2.05, 4.69) is 84.1 Å². The highest BCUT2D eigenvalue weighted by Gasteiger charge is 2.35. The Bertz CT molecular complexity index is 1290. The second kappa shape index (κ2) is 30.5. The van der Waals surface area contributed by atoms with Gasteiger partial charge >= 0.3 is 0 Å². The molecule has 2 N–H and O–H groups in total. The number of ether oxygens (including phenoxy) is 2. The van der Waals surface area contributed by atoms with E-state index in [4.69, 9.17) is 17.8 Å². The van der Waals surface area contributed by atoms with Gasteiger partial charge in [-0.05, 0) is 135 Å². The molecule has 0 aromatic heterocycles. The first-order chi connectivity index (χ1) is 27.9. The van der Waals surface area contributed by atoms with Crippen molar-refractivity contribution in [3.05, 3.63) is 46.1 Å². The topological polar surface area (TPSA) is 80.6 Å². The molecule has 0 radical (unpaired) electrons. The summed E-state index contributed by atoms with van der Waals surface area (Å²) in [6.45, 7) is 18.7. The maximum atomic E-state index is 9.29. The van der Waals surface area contributed by atoms with Crippen molar-refractivity contribution >= 4 is 10.6 Å². The van der Waals surface area contributed by atoms with Crippen molar-refractivity contribution in [1.29, 1.82) is 0 Å². The van der Waals surface area contributed by atoms with Crippen molar-refractivity contribution in [2.24, 2.45) is 0 Å². The van der Waals surface area contributed by atoms with Crippen LogP contribution >= 0.6 is 10.6 Å². The molecule has 0 amide bonds. The molecule has 1 aromatic carbocycles. The van der Waals surface area contributed by atoms with Crippen molar-refractivity contribution in [2.75, 3.05) is 52.0 Å². The van der Waals surface area contributed by atoms with Gasteiger partial charge in [0, 0.05) is 37.6 Å². The summed E-state index contributed by atoms with van der Waals surface area (Å²) in [5, 5.41) is 18.6. The predicted molar refractivity (Wildman–Crippen MR) is 251 cm³/mol. The molecule has 0 aliphatic carbocycles. The van der Waals surface area contributed by atoms with E-state index in [0.29, 0.717) is 19.7 Å². The minimum atomic E-state index is -1.80. The van der Waals surface area contributed by atoms with Gasteiger partial charge in [0.15, 0.2) is 0 Å². The Kier molecular flexibility index (Phi) is 27.6. The highest BCUT2D eigenvalue weighted by molar-refractivity contribution is 8.24. The lowest BCUT2D eigenvalue weighted by molar-refractivity contribution is -0.00192. The molecule has 7 nitrogen and oxygen atoms in total. The molecule has 0 spiro atoms. The Labute approximate surface area is 359 Å². The van der Waals surface area contributed by atoms with Crippen LogP contribution in [0, 0.1) is 20.8 Å². The standard InChI is InChI=1S/C50H91NO6S/c1-10-12-13-14-15-16-17-18-19-20-21-22-23-24-27-32-47(57-58(8,9)54-41-29-26-25-28-36-51(37-39-52)38-40-53)55-48-43(4)44(5)49-46(45(48)6)33-35-50(7,56-49)34-30-31-42(3)11-2/h18-19,31,47,52-53H,10-17,20-30,32-41H2,1-9H3/b19-18-,42-31+. The molecule has 2 rings (SSSR count). The Hall–Kier alpha value is -1.55. The number of hydrogen-bond donors (Lipinski definition) is 2. The lowest BCUT2D eigenvalue weighted by Gasteiger charge is -2.40. The Morgan fingerprint density at radius 3 is 2.02 bits per heavy atom. The van der Waals surface area contributed by atoms with Gasteiger partial charge < -0.3 is 19.7 Å². The second-order valence-electron chi connectivity index (χ2n) is 17.7. The van der Waals surface area contributed by atoms with Crippen molar-refractivity contribution in [2.45, 2.75) is 208 Å². The molecule has 0 fully saturated rings. The molecular weight excluding hydrogens is 743 g/mol. The highest BCUT2D eigenvalue weighted by atomic mass is 32.3. The number of aliphatic hydroxyl groups excluding tert-OH is 2. The monoisotopic (exact) mass is 834 g/mol. The van der Waals surface area contributed by atoms with Gasteiger partial charge in [0.1, 0.15) is 17.1 Å². The molecule has 0 saturated heterocycles. The highest BCUT2D eigenvalue weighted by Crippen LogP contribution is 2.48. The van der Waals surface area contributed by atoms with Gasteiger partial charge in [-0.1, -0.05) is 102 Å². The summed E-state index contributed by atoms with van der Waals surface area (Å²) >= 11 is 0. The van der Waals surface area contributed by atoms with E-state index in [1.807, 2.05) is 0 Å². The van der Waals surface area contributed by atoms with Crippen LogP contribution in [0.4, 0.5) is 0 Å². The lowest BCUT2D eigenvalue weighted by atomic mass is 9.85. The van der Waals surface area contributed by atoms with Crippen LogP contribution < -0.4 is 9.47 Å². The third kappa shape index (κ3) is 21.3. The van der Waals surface area contributed by atoms with Gasteiger partial charge in [0.05, 0.1) is 19.8 Å². The summed E-state index contributed by atoms with van der Waals surface area (Å²) in [5.74, 6) is 2.01. The van der Waals surface area contributed by atoms with Crippen LogP contribution in [-0.2, 0) is 14.8 Å². The summed E-state index contributed by atoms with van der Waals surface area (Å²) in [4.78, 5) is 2.12. The van der Waals surface area contributed by atoms with Crippen molar-refractivity contribution in [1.82, 2.24) is 4.90 Å². The molecule has 8 heteroatoms. The number of benzene rings is 1. The van der Waals surface area contributed by atoms with E-state index < -0.39 is 10.6 Å². The fraction of sp³-hybridized carbons (Fsp3) is 0.800. The average molecular weight is 834 g/mol. The molecule has 2 atom stereocenters. The van der Waals surface area contributed by atoms with E-state index >= 15 is 0 Å². The van der Waals surface area contributed by atoms with Gasteiger partial charge in [-0.25, -0.2) is 4.18 Å². The van der Waals surface area contributed by atoms with E-state index in [-0.39, 0.29) is 25.1 Å². The Balaban J connectivity index is 2.00. The zero-order valence-corrected chi connectivity index (χ0v) is 40.0. The summed E-state index contributed by atoms with van der Waals surface area (Å²) < 4.78 is 27.1. The van der Waals surface area contributed by atoms with Crippen molar-refractivity contribution in [3.8, 4) is 11.5 Å². The van der Waals surface area contributed by atoms with Gasteiger partial charge in [-0.3, -0.25) is 9.08 Å². The molecule has 1 aliphatic heterocycles. The number of rotatable bonds is 35. The van der Waals surface area contributed by atoms with Gasteiger partial charge in [-0.15, -0.1) is 0 Å². The SMILES string of the molecule is CCCCCCCC/C=C\CCCCCCCC(Oc1c(C)c(C)c2c(c1C)CCC(C)(CC/C=C(\C)CC)O2)OS(C)(C)OCCCCCCN(CCO)CCO. The van der Waals surface area contributed by atoms with Gasteiger partial charge in [-0.2, -0.15) is 10.6 Å². The minimum absolute atomic E-state index is 0.129. The number of fused-ring (bicyclic) bond motifs is 1. The van der Waals surface area contributed by atoms with E-state index in [1.165, 1.54) is 99.3 Å². The zero-order chi connectivity index (χ0) is 42.7. The quantitative estimate of drug-likeness (QED) is 0.0400. The van der Waals surface area contributed by atoms with Gasteiger partial charge in [0.25, 0.3) is 0 Å². The normalized spacial score (nSPS) is 16.9. The Morgan fingerprint density at radius 2 is 1.38 bits per heavy atom. The number of nitrogens with zero attached hydrogens (tertiary/aromatic N) is 1. The smallest absolute Gasteiger partial charge is 0.220 e. The molecule has 338 valence electrons. The van der Waals surface area contributed by atoms with E-state index in [9.17, 15) is 10.2 Å². The molecular formula is C50H91NO6S. The van der Waals surface area contributed by atoms with E-state index in [0.717, 1.165) is 94.2 Å². The van der Waals surface area contributed by atoms with Crippen LogP contribution in [0.25, 0.3) is 0 Å². The third-order valence-electron chi connectivity index (χ3n) is 12.1. The van der Waals surface area contributed by atoms with Gasteiger partial charge in [0.2, 0.25) is 6.29 Å². The van der Waals surface area contributed by atoms with Crippen LogP contribution in [-0.4, -0.2) is 79.0 Å². The maximum Gasteiger partial charge on any atom is 0.220 e. The number of aliphatic hydroxyl groups is 2. The molecule has 1 heterocycles. The van der Waals surface area contributed by atoms with Crippen LogP contribution in [0.1, 0.15) is 191 Å². The fourth-order valence-electron chi connectivity index (χ4n) is 8.00. The predicted octanol–water partition coefficient (Wildman–Crippen LogP) is 13.3. The molecule has 1 aromatic rings. The number of unbranched alkanes of at least 4 members (excludes halogenated alkanes) is 14. The molecule has 1 aliphatic rings. The summed E-state index contributed by atoms with van der Waals surface area (Å²) in [6.07, 6.45) is 37.9. The zero-order valence-electron chi connectivity index (χ0n) is 39.2. The third-order valence-corrected chi connectivity index (χ3v) is 13.6. The van der Waals surface area contributed by atoms with Crippen LogP contribution in [0.3, 0.4) is 0 Å². The minimum Gasteiger partial charge on any atom is -0.487 e.